The Morgan fingerprint density at radius 1 is 1.04 bits per heavy atom. The highest BCUT2D eigenvalue weighted by molar-refractivity contribution is 7.60. The molecule has 3 aliphatic rings. The number of aromatic amines is 1. The van der Waals surface area contributed by atoms with Crippen molar-refractivity contribution in [1.29, 1.82) is 0 Å². The highest BCUT2D eigenvalue weighted by Crippen LogP contribution is 2.57. The number of phosphoric acid groups is 2. The van der Waals surface area contributed by atoms with Gasteiger partial charge in [-0.1, -0.05) is 23.2 Å². The molecular weight excluding hydrogens is 982 g/mol. The van der Waals surface area contributed by atoms with E-state index in [0.717, 1.165) is 45.2 Å². The van der Waals surface area contributed by atoms with Gasteiger partial charge in [-0.2, -0.15) is 4.31 Å². The molecule has 1 fully saturated rings. The molecule has 7 rings (SSSR count). The van der Waals surface area contributed by atoms with E-state index in [1.807, 2.05) is 58.0 Å². The van der Waals surface area contributed by atoms with Crippen LogP contribution in [0.1, 0.15) is 54.4 Å². The normalized spacial score (nSPS) is 18.1. The minimum Gasteiger partial charge on any atom is -0.456 e. The SMILES string of the molecule is CCN=c1cc2oc3cc(NCC)c(C)cc3c(-c3ccccc3C(=O)N(C)CCCC(=O)NCCNC(=O)O[C@H]3[C@@H](O)[C@H]([n+]4cn(C)c5c(=O)[nH]c(N)nc54)O[C@@H]3COP(=O)(O)OP(=O)(O)O)c-2cc1C. The van der Waals surface area contributed by atoms with E-state index in [1.54, 1.807) is 24.1 Å². The van der Waals surface area contributed by atoms with Crippen LogP contribution < -0.4 is 37.2 Å². The highest BCUT2D eigenvalue weighted by atomic mass is 31.3. The van der Waals surface area contributed by atoms with Crippen molar-refractivity contribution in [3.8, 4) is 22.5 Å². The number of phosphoric ester groups is 1. The van der Waals surface area contributed by atoms with Crippen molar-refractivity contribution in [1.82, 2.24) is 30.1 Å². The first-order valence-electron chi connectivity index (χ1n) is 22.8. The largest absolute Gasteiger partial charge is 0.481 e. The fraction of sp³-hybridized carbons (Fsp3) is 0.400. The zero-order valence-corrected chi connectivity index (χ0v) is 41.9. The molecule has 2 aromatic carbocycles. The Hall–Kier alpha value is -6.53. The molecule has 4 heterocycles. The monoisotopic (exact) mass is 1040 g/mol. The van der Waals surface area contributed by atoms with Gasteiger partial charge in [0, 0.05) is 86.1 Å². The first-order chi connectivity index (χ1) is 34.1. The number of carbonyl (C=O) groups excluding carboxylic acids is 3. The second-order valence-electron chi connectivity index (χ2n) is 17.0. The van der Waals surface area contributed by atoms with Crippen LogP contribution in [0.15, 0.2) is 69.1 Å². The first kappa shape index (κ1) is 53.3. The number of benzene rings is 3. The minimum atomic E-state index is -5.51. The lowest BCUT2D eigenvalue weighted by Crippen LogP contribution is -2.47. The Kier molecular flexibility index (Phi) is 16.3. The molecule has 386 valence electrons. The van der Waals surface area contributed by atoms with Gasteiger partial charge in [-0.25, -0.2) is 18.5 Å². The summed E-state index contributed by atoms with van der Waals surface area (Å²) < 4.78 is 52.4. The fourth-order valence-electron chi connectivity index (χ4n) is 8.50. The van der Waals surface area contributed by atoms with Gasteiger partial charge in [-0.3, -0.25) is 33.5 Å². The number of aliphatic hydroxyl groups is 1. The number of nitrogens with one attached hydrogen (secondary N) is 4. The second-order valence-corrected chi connectivity index (χ2v) is 19.8. The predicted octanol–water partition coefficient (Wildman–Crippen LogP) is 2.87. The van der Waals surface area contributed by atoms with Gasteiger partial charge in [0.05, 0.1) is 19.0 Å². The first-order valence-corrected chi connectivity index (χ1v) is 25.8. The molecule has 1 unspecified atom stereocenters. The Morgan fingerprint density at radius 3 is 2.50 bits per heavy atom. The maximum atomic E-state index is 14.3. The molecule has 1 saturated heterocycles. The quantitative estimate of drug-likeness (QED) is 0.0244. The van der Waals surface area contributed by atoms with Gasteiger partial charge >= 0.3 is 27.4 Å². The fourth-order valence-corrected chi connectivity index (χ4v) is 10.1. The van der Waals surface area contributed by atoms with E-state index < -0.39 is 58.4 Å². The van der Waals surface area contributed by atoms with E-state index in [9.17, 15) is 38.3 Å². The molecule has 5 atom stereocenters. The Labute approximate surface area is 411 Å². The number of nitrogens with zero attached hydrogens (tertiary/aromatic N) is 5. The molecule has 0 bridgehead atoms. The number of anilines is 2. The number of rotatable bonds is 19. The number of hydrogen-bond donors (Lipinski definition) is 9. The van der Waals surface area contributed by atoms with Crippen LogP contribution in [0, 0.1) is 13.8 Å². The van der Waals surface area contributed by atoms with Crippen molar-refractivity contribution in [2.75, 3.05) is 57.4 Å². The average molecular weight is 1040 g/mol. The number of nitrogens with two attached hydrogens (primary N) is 1. The van der Waals surface area contributed by atoms with Gasteiger partial charge in [0.1, 0.15) is 17.4 Å². The summed E-state index contributed by atoms with van der Waals surface area (Å²) in [6, 6.07) is 15.4. The summed E-state index contributed by atoms with van der Waals surface area (Å²) in [5, 5.41) is 21.5. The zero-order chi connectivity index (χ0) is 52.2. The molecule has 2 aromatic heterocycles. The summed E-state index contributed by atoms with van der Waals surface area (Å²) in [5.41, 5.74) is 11.5. The molecule has 0 saturated carbocycles. The van der Waals surface area contributed by atoms with Gasteiger partial charge in [-0.15, -0.1) is 0 Å². The molecule has 4 aromatic rings. The van der Waals surface area contributed by atoms with Crippen LogP contribution in [0.3, 0.4) is 0 Å². The lowest BCUT2D eigenvalue weighted by atomic mass is 9.89. The smallest absolute Gasteiger partial charge is 0.456 e. The topological polar surface area (TPSA) is 349 Å². The van der Waals surface area contributed by atoms with E-state index in [2.05, 4.69) is 41.3 Å². The number of H-pyrrole nitrogens is 1. The number of amides is 3. The van der Waals surface area contributed by atoms with E-state index in [-0.39, 0.29) is 55.0 Å². The summed E-state index contributed by atoms with van der Waals surface area (Å²) in [6.45, 7) is 8.32. The number of fused-ring (bicyclic) bond motifs is 3. The summed E-state index contributed by atoms with van der Waals surface area (Å²) in [6.07, 6.45) is -5.98. The second kappa shape index (κ2) is 22.1. The van der Waals surface area contributed by atoms with Gasteiger partial charge < -0.3 is 60.3 Å². The Morgan fingerprint density at radius 2 is 1.78 bits per heavy atom. The summed E-state index contributed by atoms with van der Waals surface area (Å²) >= 11 is 0. The van der Waals surface area contributed by atoms with Crippen LogP contribution >= 0.6 is 15.6 Å². The lowest BCUT2D eigenvalue weighted by molar-refractivity contribution is -0.745. The molecule has 2 aliphatic heterocycles. The van der Waals surface area contributed by atoms with E-state index in [0.29, 0.717) is 35.4 Å². The maximum absolute atomic E-state index is 14.3. The molecule has 72 heavy (non-hydrogen) atoms. The number of hydrogen-bond acceptors (Lipinski definition) is 16. The molecule has 27 heteroatoms. The number of carbonyl (C=O) groups is 3. The van der Waals surface area contributed by atoms with E-state index >= 15 is 0 Å². The molecule has 0 spiro atoms. The van der Waals surface area contributed by atoms with Gasteiger partial charge in [0.25, 0.3) is 17.4 Å². The molecular formula is C45H57N10O15P2+. The molecule has 1 aliphatic carbocycles. The third-order valence-electron chi connectivity index (χ3n) is 11.7. The number of aromatic nitrogens is 4. The third-order valence-corrected chi connectivity index (χ3v) is 13.8. The Balaban J connectivity index is 0.969. The number of ether oxygens (including phenoxy) is 2. The highest BCUT2D eigenvalue weighted by Gasteiger charge is 2.51. The zero-order valence-electron chi connectivity index (χ0n) is 40.1. The van der Waals surface area contributed by atoms with E-state index in [4.69, 9.17) is 33.9 Å². The molecule has 0 radical (unpaired) electrons. The third kappa shape index (κ3) is 12.0. The maximum Gasteiger partial charge on any atom is 0.481 e. The van der Waals surface area contributed by atoms with Crippen LogP contribution in [0.5, 0.6) is 0 Å². The number of aliphatic hydroxyl groups excluding tert-OH is 1. The number of alkyl carbamates (subject to hydrolysis) is 1. The number of nitrogen functional groups attached to an aromatic ring is 1. The Bertz CT molecular complexity index is 3230. The van der Waals surface area contributed by atoms with Crippen molar-refractivity contribution in [3.63, 3.8) is 0 Å². The average Bonchev–Trinajstić information content (AvgIpc) is 3.80. The van der Waals surface area contributed by atoms with Crippen molar-refractivity contribution >= 4 is 67.3 Å². The van der Waals surface area contributed by atoms with Crippen LogP contribution in [0.2, 0.25) is 0 Å². The molecule has 3 amide bonds. The van der Waals surface area contributed by atoms with Crippen molar-refractivity contribution < 1.29 is 70.6 Å². The van der Waals surface area contributed by atoms with Crippen LogP contribution in [0.4, 0.5) is 16.4 Å². The van der Waals surface area contributed by atoms with Crippen LogP contribution in [-0.2, 0) is 39.3 Å². The number of imidazole rings is 1. The summed E-state index contributed by atoms with van der Waals surface area (Å²) in [4.78, 5) is 93.4. The van der Waals surface area contributed by atoms with E-state index in [1.165, 1.54) is 22.5 Å². The van der Waals surface area contributed by atoms with Gasteiger partial charge in [0.2, 0.25) is 17.7 Å². The standard InChI is InChI=1S/C45H56N10O15P2/c1-7-47-30-20-32-28(18-24(30)3)36(29-19-25(4)31(48-8-2)21-33(29)67-32)26-12-9-10-13-27(26)42(59)53(5)17-11-14-35(56)49-15-16-50-45(60)69-39-34(22-66-72(64,65)70-71(61,62)63)68-43(38(39)57)55-23-54(6)37-40(55)51-44(46)52-41(37)58/h9-10,12-13,18-21,23,34,38-39,43,57H,7-8,11,14-17,22H2,1-6H3,(H8-,46,47,48,49,50,51,52,56,58,60,61,62,63,64,65)/p+1/t34-,38-,39-,43-/m1/s1. The number of aryl methyl sites for hydroxylation is 3. The van der Waals surface area contributed by atoms with Crippen LogP contribution in [-0.4, -0.2) is 122 Å². The predicted molar refractivity (Wildman–Crippen MR) is 260 cm³/mol. The van der Waals surface area contributed by atoms with Crippen LogP contribution in [0.25, 0.3) is 44.6 Å². The lowest BCUT2D eigenvalue weighted by Gasteiger charge is -2.22. The molecule has 25 nitrogen and oxygen atoms in total. The van der Waals surface area contributed by atoms with Gasteiger partial charge in [-0.05, 0) is 69.0 Å². The minimum absolute atomic E-state index is 0.0133. The molecule has 10 N–H and O–H groups in total. The van der Waals surface area contributed by atoms with Gasteiger partial charge in [0.15, 0.2) is 18.5 Å². The summed E-state index contributed by atoms with van der Waals surface area (Å²) in [5.74, 6) is -0.280. The summed E-state index contributed by atoms with van der Waals surface area (Å²) in [7, 11) is -7.78. The van der Waals surface area contributed by atoms with Crippen molar-refractivity contribution in [3.05, 3.63) is 87.3 Å². The van der Waals surface area contributed by atoms with Crippen molar-refractivity contribution in [2.45, 2.75) is 65.1 Å². The van der Waals surface area contributed by atoms with Crippen molar-refractivity contribution in [2.24, 2.45) is 12.0 Å².